The molecule has 0 aliphatic heterocycles. The zero-order valence-electron chi connectivity index (χ0n) is 7.33. The molecule has 0 spiro atoms. The van der Waals surface area contributed by atoms with E-state index >= 15 is 0 Å². The first kappa shape index (κ1) is 7.74. The molecule has 2 N–H and O–H groups in total. The van der Waals surface area contributed by atoms with Crippen molar-refractivity contribution < 1.29 is 0 Å². The average molecular weight is 162 g/mol. The number of nitrogens with zero attached hydrogens (tertiary/aromatic N) is 1. The van der Waals surface area contributed by atoms with Crippen LogP contribution in [0.3, 0.4) is 0 Å². The first-order valence-corrected chi connectivity index (χ1v) is 4.44. The van der Waals surface area contributed by atoms with Crippen LogP contribution in [0.15, 0.2) is 18.3 Å². The summed E-state index contributed by atoms with van der Waals surface area (Å²) < 4.78 is 0. The zero-order valence-corrected chi connectivity index (χ0v) is 7.33. The lowest BCUT2D eigenvalue weighted by atomic mass is 10.1. The molecule has 1 saturated carbocycles. The summed E-state index contributed by atoms with van der Waals surface area (Å²) >= 11 is 0. The fourth-order valence-electron chi connectivity index (χ4n) is 1.61. The molecular weight excluding hydrogens is 148 g/mol. The maximum absolute atomic E-state index is 5.57. The second-order valence-corrected chi connectivity index (χ2v) is 3.57. The van der Waals surface area contributed by atoms with Gasteiger partial charge in [0.25, 0.3) is 0 Å². The molecule has 2 nitrogen and oxygen atoms in total. The monoisotopic (exact) mass is 162 g/mol. The molecule has 1 aromatic rings. The average Bonchev–Trinajstić information content (AvgIpc) is 2.85. The van der Waals surface area contributed by atoms with E-state index in [-0.39, 0.29) is 0 Å². The van der Waals surface area contributed by atoms with Crippen molar-refractivity contribution in [3.8, 4) is 0 Å². The Morgan fingerprint density at radius 2 is 2.42 bits per heavy atom. The summed E-state index contributed by atoms with van der Waals surface area (Å²) in [6.45, 7) is 2.83. The molecule has 1 fully saturated rings. The predicted molar refractivity (Wildman–Crippen MR) is 48.9 cm³/mol. The third-order valence-electron chi connectivity index (χ3n) is 2.59. The van der Waals surface area contributed by atoms with Gasteiger partial charge in [-0.05, 0) is 43.4 Å². The normalized spacial score (nSPS) is 27.2. The van der Waals surface area contributed by atoms with E-state index in [1.807, 2.05) is 13.1 Å². The van der Waals surface area contributed by atoms with Crippen LogP contribution in [0.4, 0.5) is 0 Å². The third kappa shape index (κ3) is 1.34. The molecule has 12 heavy (non-hydrogen) atoms. The Hall–Kier alpha value is -0.890. The summed E-state index contributed by atoms with van der Waals surface area (Å²) in [5.74, 6) is 1.41. The molecule has 0 radical (unpaired) electrons. The van der Waals surface area contributed by atoms with Gasteiger partial charge in [-0.3, -0.25) is 4.98 Å². The van der Waals surface area contributed by atoms with E-state index in [9.17, 15) is 0 Å². The van der Waals surface area contributed by atoms with Gasteiger partial charge in [0, 0.05) is 11.9 Å². The first-order chi connectivity index (χ1) is 5.81. The molecule has 0 aromatic carbocycles. The highest BCUT2D eigenvalue weighted by molar-refractivity contribution is 5.24. The molecule has 2 atom stereocenters. The number of nitrogens with two attached hydrogens (primary N) is 1. The minimum absolute atomic E-state index is 0.697. The highest BCUT2D eigenvalue weighted by atomic mass is 14.7. The van der Waals surface area contributed by atoms with E-state index in [2.05, 4.69) is 17.1 Å². The van der Waals surface area contributed by atoms with Gasteiger partial charge in [-0.15, -0.1) is 0 Å². The van der Waals surface area contributed by atoms with Crippen LogP contribution in [-0.4, -0.2) is 11.5 Å². The fourth-order valence-corrected chi connectivity index (χ4v) is 1.61. The molecule has 1 aliphatic rings. The number of hydrogen-bond acceptors (Lipinski definition) is 2. The number of hydrogen-bond donors (Lipinski definition) is 1. The summed E-state index contributed by atoms with van der Waals surface area (Å²) in [5, 5.41) is 0. The molecular formula is C10H14N2. The van der Waals surface area contributed by atoms with Gasteiger partial charge < -0.3 is 5.73 Å². The van der Waals surface area contributed by atoms with Crippen molar-refractivity contribution in [1.29, 1.82) is 0 Å². The molecule has 2 rings (SSSR count). The summed E-state index contributed by atoms with van der Waals surface area (Å²) in [5.41, 5.74) is 8.02. The lowest BCUT2D eigenvalue weighted by molar-refractivity contribution is 0.807. The van der Waals surface area contributed by atoms with Crippen LogP contribution >= 0.6 is 0 Å². The topological polar surface area (TPSA) is 38.9 Å². The van der Waals surface area contributed by atoms with Gasteiger partial charge in [-0.2, -0.15) is 0 Å². The van der Waals surface area contributed by atoms with Gasteiger partial charge >= 0.3 is 0 Å². The third-order valence-corrected chi connectivity index (χ3v) is 2.59. The smallest absolute Gasteiger partial charge is 0.0372 e. The standard InChI is InChI=1S/C10H14N2/c1-7-2-3-8(6-12-7)10-4-9(10)5-11/h2-3,6,9-10H,4-5,11H2,1H3. The van der Waals surface area contributed by atoms with Crippen LogP contribution in [0.5, 0.6) is 0 Å². The maximum Gasteiger partial charge on any atom is 0.0372 e. The Balaban J connectivity index is 2.10. The first-order valence-electron chi connectivity index (χ1n) is 4.44. The van der Waals surface area contributed by atoms with Crippen LogP contribution in [0, 0.1) is 12.8 Å². The van der Waals surface area contributed by atoms with Crippen molar-refractivity contribution in [3.63, 3.8) is 0 Å². The maximum atomic E-state index is 5.57. The minimum Gasteiger partial charge on any atom is -0.330 e. The van der Waals surface area contributed by atoms with Gasteiger partial charge in [0.05, 0.1) is 0 Å². The lowest BCUT2D eigenvalue weighted by Crippen LogP contribution is -2.02. The molecule has 1 aliphatic carbocycles. The number of aromatic nitrogens is 1. The van der Waals surface area contributed by atoms with Crippen molar-refractivity contribution in [3.05, 3.63) is 29.6 Å². The van der Waals surface area contributed by atoms with Gasteiger partial charge in [0.2, 0.25) is 0 Å². The molecule has 64 valence electrons. The van der Waals surface area contributed by atoms with Gasteiger partial charge in [0.15, 0.2) is 0 Å². The largest absolute Gasteiger partial charge is 0.330 e. The Labute approximate surface area is 72.8 Å². The van der Waals surface area contributed by atoms with Gasteiger partial charge in [-0.25, -0.2) is 0 Å². The Bertz CT molecular complexity index is 266. The van der Waals surface area contributed by atoms with E-state index in [1.54, 1.807) is 0 Å². The Kier molecular flexibility index (Phi) is 1.85. The second kappa shape index (κ2) is 2.87. The number of aryl methyl sites for hydroxylation is 1. The van der Waals surface area contributed by atoms with E-state index in [0.29, 0.717) is 5.92 Å². The fraction of sp³-hybridized carbons (Fsp3) is 0.500. The molecule has 0 amide bonds. The van der Waals surface area contributed by atoms with Crippen LogP contribution in [0.2, 0.25) is 0 Å². The Morgan fingerprint density at radius 3 is 2.92 bits per heavy atom. The molecule has 1 heterocycles. The van der Waals surface area contributed by atoms with Crippen LogP contribution < -0.4 is 5.73 Å². The van der Waals surface area contributed by atoms with E-state index < -0.39 is 0 Å². The van der Waals surface area contributed by atoms with Crippen molar-refractivity contribution in [1.82, 2.24) is 4.98 Å². The van der Waals surface area contributed by atoms with Crippen molar-refractivity contribution in [2.24, 2.45) is 11.7 Å². The number of pyridine rings is 1. The van der Waals surface area contributed by atoms with Crippen LogP contribution in [0.1, 0.15) is 23.6 Å². The van der Waals surface area contributed by atoms with Crippen LogP contribution in [-0.2, 0) is 0 Å². The SMILES string of the molecule is Cc1ccc(C2CC2CN)cn1. The van der Waals surface area contributed by atoms with E-state index in [1.165, 1.54) is 12.0 Å². The lowest BCUT2D eigenvalue weighted by Gasteiger charge is -1.98. The highest BCUT2D eigenvalue weighted by Gasteiger charge is 2.36. The summed E-state index contributed by atoms with van der Waals surface area (Å²) in [6.07, 6.45) is 3.23. The van der Waals surface area contributed by atoms with Crippen molar-refractivity contribution in [2.75, 3.05) is 6.54 Å². The Morgan fingerprint density at radius 1 is 1.58 bits per heavy atom. The highest BCUT2D eigenvalue weighted by Crippen LogP contribution is 2.46. The van der Waals surface area contributed by atoms with E-state index in [4.69, 9.17) is 5.73 Å². The number of rotatable bonds is 2. The van der Waals surface area contributed by atoms with Crippen molar-refractivity contribution in [2.45, 2.75) is 19.3 Å². The molecule has 2 heteroatoms. The second-order valence-electron chi connectivity index (χ2n) is 3.57. The zero-order chi connectivity index (χ0) is 8.55. The predicted octanol–water partition coefficient (Wildman–Crippen LogP) is 1.45. The van der Waals surface area contributed by atoms with Crippen molar-refractivity contribution >= 4 is 0 Å². The van der Waals surface area contributed by atoms with Gasteiger partial charge in [-0.1, -0.05) is 6.07 Å². The summed E-state index contributed by atoms with van der Waals surface area (Å²) in [4.78, 5) is 4.27. The quantitative estimate of drug-likeness (QED) is 0.715. The molecule has 0 bridgehead atoms. The van der Waals surface area contributed by atoms with Crippen LogP contribution in [0.25, 0.3) is 0 Å². The molecule has 2 unspecified atom stereocenters. The summed E-state index contributed by atoms with van der Waals surface area (Å²) in [7, 11) is 0. The molecule has 1 aromatic heterocycles. The molecule has 0 saturated heterocycles. The minimum atomic E-state index is 0.697. The summed E-state index contributed by atoms with van der Waals surface area (Å²) in [6, 6.07) is 4.24. The van der Waals surface area contributed by atoms with E-state index in [0.717, 1.165) is 18.2 Å². The van der Waals surface area contributed by atoms with Gasteiger partial charge in [0.1, 0.15) is 0 Å².